The number of hydrogen-bond donors (Lipinski definition) is 1. The van der Waals surface area contributed by atoms with E-state index in [2.05, 4.69) is 0 Å². The van der Waals surface area contributed by atoms with Crippen LogP contribution in [0, 0.1) is 27.7 Å². The third-order valence-corrected chi connectivity index (χ3v) is 3.41. The van der Waals surface area contributed by atoms with E-state index in [-0.39, 0.29) is 11.4 Å². The van der Waals surface area contributed by atoms with Crippen LogP contribution in [0.25, 0.3) is 0 Å². The normalized spacial score (nSPS) is 11.6. The van der Waals surface area contributed by atoms with E-state index >= 15 is 0 Å². The summed E-state index contributed by atoms with van der Waals surface area (Å²) in [4.78, 5) is 0. The Hall–Kier alpha value is -2.17. The van der Waals surface area contributed by atoms with Crippen molar-refractivity contribution in [3.05, 3.63) is 52.1 Å². The number of hydrogen-bond acceptors (Lipinski definition) is 2. The van der Waals surface area contributed by atoms with Crippen LogP contribution in [0.15, 0.2) is 24.3 Å². The lowest BCUT2D eigenvalue weighted by atomic mass is 10.1. The van der Waals surface area contributed by atoms with Crippen molar-refractivity contribution in [1.29, 1.82) is 0 Å². The number of alkyl halides is 3. The van der Waals surface area contributed by atoms with E-state index < -0.39 is 11.7 Å². The summed E-state index contributed by atoms with van der Waals surface area (Å²) in [7, 11) is 0. The first kappa shape index (κ1) is 16.2. The van der Waals surface area contributed by atoms with Gasteiger partial charge in [-0.05, 0) is 56.5 Å². The molecular formula is C17H18F3NO. The molecule has 0 radical (unpaired) electrons. The van der Waals surface area contributed by atoms with Crippen LogP contribution in [0.3, 0.4) is 0 Å². The van der Waals surface area contributed by atoms with Gasteiger partial charge < -0.3 is 10.5 Å². The molecule has 2 N–H and O–H groups in total. The van der Waals surface area contributed by atoms with Crippen molar-refractivity contribution in [3.8, 4) is 11.5 Å². The second-order valence-corrected chi connectivity index (χ2v) is 5.54. The highest BCUT2D eigenvalue weighted by Gasteiger charge is 2.36. The summed E-state index contributed by atoms with van der Waals surface area (Å²) in [5.41, 5.74) is 7.72. The molecule has 0 saturated heterocycles. The first-order valence-corrected chi connectivity index (χ1v) is 6.82. The largest absolute Gasteiger partial charge is 0.456 e. The summed E-state index contributed by atoms with van der Waals surface area (Å²) < 4.78 is 45.4. The Morgan fingerprint density at radius 2 is 1.32 bits per heavy atom. The summed E-state index contributed by atoms with van der Waals surface area (Å²) in [5, 5.41) is 0. The number of nitrogens with two attached hydrogens (primary N) is 1. The van der Waals surface area contributed by atoms with E-state index in [1.165, 1.54) is 6.07 Å². The first-order valence-electron chi connectivity index (χ1n) is 6.82. The van der Waals surface area contributed by atoms with Crippen molar-refractivity contribution in [3.63, 3.8) is 0 Å². The van der Waals surface area contributed by atoms with Gasteiger partial charge in [-0.1, -0.05) is 17.7 Å². The van der Waals surface area contributed by atoms with Crippen molar-refractivity contribution in [2.45, 2.75) is 33.9 Å². The number of benzene rings is 2. The van der Waals surface area contributed by atoms with Gasteiger partial charge in [0.05, 0.1) is 0 Å². The minimum Gasteiger partial charge on any atom is -0.456 e. The van der Waals surface area contributed by atoms with Crippen molar-refractivity contribution < 1.29 is 17.9 Å². The molecule has 0 atom stereocenters. The fraction of sp³-hybridized carbons (Fsp3) is 0.294. The van der Waals surface area contributed by atoms with Gasteiger partial charge in [0.1, 0.15) is 17.1 Å². The zero-order valence-electron chi connectivity index (χ0n) is 12.9. The Morgan fingerprint density at radius 1 is 0.818 bits per heavy atom. The Balaban J connectivity index is 2.60. The molecule has 0 aliphatic carbocycles. The monoisotopic (exact) mass is 309 g/mol. The van der Waals surface area contributed by atoms with Crippen LogP contribution < -0.4 is 10.5 Å². The number of rotatable bonds is 2. The second-order valence-electron chi connectivity index (χ2n) is 5.54. The van der Waals surface area contributed by atoms with Gasteiger partial charge >= 0.3 is 6.18 Å². The molecule has 0 fully saturated rings. The van der Waals surface area contributed by atoms with Crippen molar-refractivity contribution in [2.75, 3.05) is 5.73 Å². The Kier molecular flexibility index (Phi) is 4.09. The zero-order valence-corrected chi connectivity index (χ0v) is 12.9. The summed E-state index contributed by atoms with van der Waals surface area (Å²) >= 11 is 0. The van der Waals surface area contributed by atoms with E-state index in [4.69, 9.17) is 10.5 Å². The predicted molar refractivity (Wildman–Crippen MR) is 81.3 cm³/mol. The lowest BCUT2D eigenvalue weighted by Gasteiger charge is -2.19. The summed E-state index contributed by atoms with van der Waals surface area (Å²) in [6.07, 6.45) is -4.53. The number of aryl methyl sites for hydroxylation is 4. The highest BCUT2D eigenvalue weighted by Crippen LogP contribution is 2.42. The minimum atomic E-state index is -4.53. The molecule has 0 heterocycles. The Morgan fingerprint density at radius 3 is 1.82 bits per heavy atom. The van der Waals surface area contributed by atoms with Crippen LogP contribution in [-0.2, 0) is 6.18 Å². The molecule has 118 valence electrons. The summed E-state index contributed by atoms with van der Waals surface area (Å²) in [5.74, 6) is 0.251. The predicted octanol–water partition coefficient (Wildman–Crippen LogP) is 5.31. The molecule has 0 saturated carbocycles. The fourth-order valence-electron chi connectivity index (χ4n) is 2.58. The van der Waals surface area contributed by atoms with E-state index in [9.17, 15) is 13.2 Å². The fourth-order valence-corrected chi connectivity index (χ4v) is 2.58. The molecule has 5 heteroatoms. The van der Waals surface area contributed by atoms with Crippen LogP contribution >= 0.6 is 0 Å². The van der Waals surface area contributed by atoms with Crippen molar-refractivity contribution in [2.24, 2.45) is 0 Å². The maximum atomic E-state index is 13.2. The van der Waals surface area contributed by atoms with Gasteiger partial charge in [-0.25, -0.2) is 0 Å². The summed E-state index contributed by atoms with van der Waals surface area (Å²) in [6.45, 7) is 7.11. The van der Waals surface area contributed by atoms with Crippen LogP contribution in [0.2, 0.25) is 0 Å². The van der Waals surface area contributed by atoms with Crippen LogP contribution in [0.1, 0.15) is 27.8 Å². The topological polar surface area (TPSA) is 35.2 Å². The molecule has 2 nitrogen and oxygen atoms in total. The van der Waals surface area contributed by atoms with E-state index in [0.717, 1.165) is 22.8 Å². The summed E-state index contributed by atoms with van der Waals surface area (Å²) in [6, 6.07) is 6.13. The van der Waals surface area contributed by atoms with Gasteiger partial charge in [0.25, 0.3) is 0 Å². The van der Waals surface area contributed by atoms with Gasteiger partial charge in [0.2, 0.25) is 0 Å². The third kappa shape index (κ3) is 3.18. The molecule has 0 amide bonds. The van der Waals surface area contributed by atoms with E-state index in [1.807, 2.05) is 32.9 Å². The van der Waals surface area contributed by atoms with Crippen LogP contribution in [0.5, 0.6) is 11.5 Å². The van der Waals surface area contributed by atoms with Gasteiger partial charge in [0.15, 0.2) is 0 Å². The standard InChI is InChI=1S/C17H18F3NO/c1-9-5-10(2)15(11(3)6-9)22-16-12(4)7-13(21)8-14(16)17(18,19)20/h5-8H,21H2,1-4H3. The minimum absolute atomic E-state index is 0.0644. The van der Waals surface area contributed by atoms with Crippen LogP contribution in [-0.4, -0.2) is 0 Å². The molecule has 2 aromatic rings. The molecule has 22 heavy (non-hydrogen) atoms. The second kappa shape index (κ2) is 5.55. The third-order valence-electron chi connectivity index (χ3n) is 3.41. The number of nitrogen functional groups attached to an aromatic ring is 1. The zero-order chi connectivity index (χ0) is 16.7. The lowest BCUT2D eigenvalue weighted by Crippen LogP contribution is -2.10. The molecule has 2 aromatic carbocycles. The molecule has 0 unspecified atom stereocenters. The van der Waals surface area contributed by atoms with E-state index in [0.29, 0.717) is 11.3 Å². The number of ether oxygens (including phenoxy) is 1. The molecule has 0 bridgehead atoms. The molecule has 0 aliphatic heterocycles. The SMILES string of the molecule is Cc1cc(C)c(Oc2c(C)cc(N)cc2C(F)(F)F)c(C)c1. The van der Waals surface area contributed by atoms with Gasteiger partial charge in [-0.15, -0.1) is 0 Å². The van der Waals surface area contributed by atoms with E-state index in [1.54, 1.807) is 6.92 Å². The van der Waals surface area contributed by atoms with Crippen LogP contribution in [0.4, 0.5) is 18.9 Å². The van der Waals surface area contributed by atoms with Crippen molar-refractivity contribution in [1.82, 2.24) is 0 Å². The highest BCUT2D eigenvalue weighted by molar-refractivity contribution is 5.56. The van der Waals surface area contributed by atoms with Gasteiger partial charge in [-0.3, -0.25) is 0 Å². The highest BCUT2D eigenvalue weighted by atomic mass is 19.4. The quantitative estimate of drug-likeness (QED) is 0.763. The molecule has 2 rings (SSSR count). The molecule has 0 aromatic heterocycles. The maximum absolute atomic E-state index is 13.2. The molecule has 0 spiro atoms. The number of anilines is 1. The smallest absolute Gasteiger partial charge is 0.420 e. The maximum Gasteiger partial charge on any atom is 0.420 e. The first-order chi connectivity index (χ1) is 10.1. The van der Waals surface area contributed by atoms with Crippen molar-refractivity contribution >= 4 is 5.69 Å². The Bertz CT molecular complexity index is 698. The molecular weight excluding hydrogens is 291 g/mol. The number of halogens is 3. The van der Waals surface area contributed by atoms with Gasteiger partial charge in [0, 0.05) is 5.69 Å². The average Bonchev–Trinajstić information content (AvgIpc) is 2.33. The average molecular weight is 309 g/mol. The lowest BCUT2D eigenvalue weighted by molar-refractivity contribution is -0.138. The van der Waals surface area contributed by atoms with Gasteiger partial charge in [-0.2, -0.15) is 13.2 Å². The molecule has 0 aliphatic rings. The Labute approximate surface area is 127 Å².